The van der Waals surface area contributed by atoms with Crippen LogP contribution in [0, 0.1) is 11.6 Å². The highest BCUT2D eigenvalue weighted by Gasteiger charge is 2.45. The van der Waals surface area contributed by atoms with Crippen LogP contribution in [0.1, 0.15) is 46.5 Å². The number of aromatic hydroxyl groups is 1. The number of fused-ring (bicyclic) bond motifs is 4. The van der Waals surface area contributed by atoms with E-state index in [1.807, 2.05) is 32.7 Å². The zero-order valence-corrected chi connectivity index (χ0v) is 27.7. The van der Waals surface area contributed by atoms with Crippen molar-refractivity contribution in [1.82, 2.24) is 19.8 Å². The van der Waals surface area contributed by atoms with Crippen LogP contribution in [-0.4, -0.2) is 88.0 Å². The number of likely N-dealkylation sites (N-methyl/N-ethyl adjacent to an activating group) is 1. The third kappa shape index (κ3) is 5.77. The number of piperazine rings is 1. The molecule has 0 saturated carbocycles. The fourth-order valence-corrected chi connectivity index (χ4v) is 7.59. The lowest BCUT2D eigenvalue weighted by Crippen LogP contribution is -2.57. The van der Waals surface area contributed by atoms with Gasteiger partial charge < -0.3 is 24.4 Å². The number of halogens is 3. The molecule has 1 amide bonds. The number of amides is 1. The van der Waals surface area contributed by atoms with E-state index in [0.29, 0.717) is 36.3 Å². The molecule has 1 aromatic heterocycles. The van der Waals surface area contributed by atoms with Crippen LogP contribution in [-0.2, 0) is 4.74 Å². The summed E-state index contributed by atoms with van der Waals surface area (Å²) in [6.45, 7) is 7.79. The highest BCUT2D eigenvalue weighted by Crippen LogP contribution is 2.44. The van der Waals surface area contributed by atoms with Gasteiger partial charge in [-0.15, -0.1) is 0 Å². The summed E-state index contributed by atoms with van der Waals surface area (Å²) in [7, 11) is 2.05. The van der Waals surface area contributed by atoms with Crippen molar-refractivity contribution in [3.05, 3.63) is 53.1 Å². The van der Waals surface area contributed by atoms with Crippen molar-refractivity contribution in [2.75, 3.05) is 38.2 Å². The molecule has 0 radical (unpaired) electrons. The number of rotatable bonds is 5. The van der Waals surface area contributed by atoms with Gasteiger partial charge in [-0.1, -0.05) is 35.9 Å². The minimum Gasteiger partial charge on any atom is -0.505 e. The van der Waals surface area contributed by atoms with E-state index in [0.717, 1.165) is 32.2 Å². The Hall–Kier alpha value is -3.96. The SMILES string of the molecule is CN1CCC[C@H]1COc1nc(N2CC3CCC(C2)N3C(=O)OC(C)(C)C)c2cc(Cl)c(-c3cc(O)c(F)c4ccccc34)c(F)c2n1. The second-order valence-electron chi connectivity index (χ2n) is 13.8. The minimum absolute atomic E-state index is 0.000934. The summed E-state index contributed by atoms with van der Waals surface area (Å²) in [5, 5.41) is 11.4. The van der Waals surface area contributed by atoms with Crippen LogP contribution in [0.3, 0.4) is 0 Å². The van der Waals surface area contributed by atoms with Gasteiger partial charge in [-0.3, -0.25) is 4.90 Å². The topological polar surface area (TPSA) is 91.3 Å². The fraction of sp³-hybridized carbons (Fsp3) is 0.457. The van der Waals surface area contributed by atoms with Gasteiger partial charge in [-0.25, -0.2) is 13.6 Å². The third-order valence-electron chi connectivity index (χ3n) is 9.53. The third-order valence-corrected chi connectivity index (χ3v) is 9.83. The maximum Gasteiger partial charge on any atom is 0.410 e. The number of phenolic OH excluding ortho intramolecular Hbond substituents is 1. The number of aromatic nitrogens is 2. The number of anilines is 1. The largest absolute Gasteiger partial charge is 0.505 e. The Morgan fingerprint density at radius 2 is 1.72 bits per heavy atom. The molecule has 4 aromatic rings. The standard InChI is InChI=1S/C35H38ClF2N5O4/c1-35(2,3)47-34(45)43-19-11-12-20(43)17-42(16-19)32-25-14-26(36)28(24-15-27(44)29(37)23-10-6-5-9-22(23)24)30(38)31(25)39-33(40-32)46-18-21-8-7-13-41(21)4/h5-6,9-10,14-15,19-21,44H,7-8,11-13,16-18H2,1-4H3/t19?,20?,21-/m0/s1. The molecule has 3 fully saturated rings. The van der Waals surface area contributed by atoms with E-state index in [9.17, 15) is 14.3 Å². The van der Waals surface area contributed by atoms with E-state index in [1.54, 1.807) is 24.3 Å². The number of nitrogens with zero attached hydrogens (tertiary/aromatic N) is 5. The first kappa shape index (κ1) is 31.6. The van der Waals surface area contributed by atoms with E-state index in [1.165, 1.54) is 12.1 Å². The Labute approximate surface area is 277 Å². The molecular weight excluding hydrogens is 628 g/mol. The quantitative estimate of drug-likeness (QED) is 0.240. The number of likely N-dealkylation sites (tertiary alicyclic amines) is 1. The second kappa shape index (κ2) is 11.9. The molecule has 4 heterocycles. The van der Waals surface area contributed by atoms with Crippen LogP contribution < -0.4 is 9.64 Å². The molecule has 12 heteroatoms. The van der Waals surface area contributed by atoms with Crippen molar-refractivity contribution in [2.45, 2.75) is 70.2 Å². The molecular formula is C35H38ClF2N5O4. The summed E-state index contributed by atoms with van der Waals surface area (Å²) in [6.07, 6.45) is 3.31. The lowest BCUT2D eigenvalue weighted by Gasteiger charge is -2.42. The molecule has 0 aliphatic carbocycles. The van der Waals surface area contributed by atoms with Gasteiger partial charge in [-0.05, 0) is 83.1 Å². The molecule has 47 heavy (non-hydrogen) atoms. The van der Waals surface area contributed by atoms with Gasteiger partial charge in [0.2, 0.25) is 0 Å². The maximum absolute atomic E-state index is 16.9. The molecule has 248 valence electrons. The summed E-state index contributed by atoms with van der Waals surface area (Å²) in [4.78, 5) is 28.6. The van der Waals surface area contributed by atoms with Gasteiger partial charge in [-0.2, -0.15) is 9.97 Å². The van der Waals surface area contributed by atoms with Crippen molar-refractivity contribution in [3.63, 3.8) is 0 Å². The highest BCUT2D eigenvalue weighted by atomic mass is 35.5. The first-order valence-electron chi connectivity index (χ1n) is 16.1. The molecule has 3 aromatic carbocycles. The van der Waals surface area contributed by atoms with Crippen LogP contribution in [0.4, 0.5) is 19.4 Å². The van der Waals surface area contributed by atoms with E-state index < -0.39 is 23.0 Å². The molecule has 3 saturated heterocycles. The van der Waals surface area contributed by atoms with E-state index in [4.69, 9.17) is 26.1 Å². The summed E-state index contributed by atoms with van der Waals surface area (Å²) < 4.78 is 43.6. The van der Waals surface area contributed by atoms with Gasteiger partial charge in [0.15, 0.2) is 17.4 Å². The maximum atomic E-state index is 16.9. The van der Waals surface area contributed by atoms with E-state index in [2.05, 4.69) is 14.8 Å². The van der Waals surface area contributed by atoms with Gasteiger partial charge >= 0.3 is 12.1 Å². The number of phenols is 1. The molecule has 3 atom stereocenters. The molecule has 0 spiro atoms. The van der Waals surface area contributed by atoms with Crippen molar-refractivity contribution in [2.24, 2.45) is 0 Å². The Kier molecular flexibility index (Phi) is 8.03. The Balaban J connectivity index is 1.33. The lowest BCUT2D eigenvalue weighted by atomic mass is 9.95. The number of hydrogen-bond donors (Lipinski definition) is 1. The Morgan fingerprint density at radius 3 is 2.38 bits per heavy atom. The van der Waals surface area contributed by atoms with Crippen molar-refractivity contribution < 1.29 is 28.2 Å². The van der Waals surface area contributed by atoms with Crippen LogP contribution >= 0.6 is 11.6 Å². The number of ether oxygens (including phenoxy) is 2. The van der Waals surface area contributed by atoms with Crippen LogP contribution in [0.2, 0.25) is 5.02 Å². The first-order valence-corrected chi connectivity index (χ1v) is 16.5. The number of carbonyl (C=O) groups excluding carboxylic acids is 1. The van der Waals surface area contributed by atoms with E-state index in [-0.39, 0.29) is 57.3 Å². The van der Waals surface area contributed by atoms with Gasteiger partial charge in [0.1, 0.15) is 23.5 Å². The van der Waals surface area contributed by atoms with Crippen LogP contribution in [0.15, 0.2) is 36.4 Å². The van der Waals surface area contributed by atoms with Gasteiger partial charge in [0.25, 0.3) is 0 Å². The smallest absolute Gasteiger partial charge is 0.410 e. The normalized spacial score (nSPS) is 21.6. The molecule has 7 rings (SSSR count). The highest BCUT2D eigenvalue weighted by molar-refractivity contribution is 6.35. The van der Waals surface area contributed by atoms with E-state index >= 15 is 4.39 Å². The monoisotopic (exact) mass is 665 g/mol. The predicted molar refractivity (Wildman–Crippen MR) is 177 cm³/mol. The molecule has 2 unspecified atom stereocenters. The average molecular weight is 666 g/mol. The first-order chi connectivity index (χ1) is 22.4. The number of carbonyl (C=O) groups is 1. The van der Waals surface area contributed by atoms with Gasteiger partial charge in [0.05, 0.1) is 17.1 Å². The fourth-order valence-electron chi connectivity index (χ4n) is 7.29. The molecule has 3 aliphatic rings. The second-order valence-corrected chi connectivity index (χ2v) is 14.2. The number of hydrogen-bond acceptors (Lipinski definition) is 8. The molecule has 3 aliphatic heterocycles. The molecule has 1 N–H and O–H groups in total. The number of benzene rings is 3. The minimum atomic E-state index is -0.793. The Bertz CT molecular complexity index is 1870. The zero-order valence-electron chi connectivity index (χ0n) is 26.9. The van der Waals surface area contributed by atoms with Crippen molar-refractivity contribution >= 4 is 45.2 Å². The Morgan fingerprint density at radius 1 is 1.02 bits per heavy atom. The zero-order chi connectivity index (χ0) is 33.2. The molecule has 2 bridgehead atoms. The summed E-state index contributed by atoms with van der Waals surface area (Å²) in [5.74, 6) is -1.67. The van der Waals surface area contributed by atoms with Crippen molar-refractivity contribution in [1.29, 1.82) is 0 Å². The van der Waals surface area contributed by atoms with Crippen molar-refractivity contribution in [3.8, 4) is 22.9 Å². The average Bonchev–Trinajstić information content (AvgIpc) is 3.56. The summed E-state index contributed by atoms with van der Waals surface area (Å²) in [5.41, 5.74) is -0.386. The van der Waals surface area contributed by atoms with Crippen LogP contribution in [0.5, 0.6) is 11.8 Å². The summed E-state index contributed by atoms with van der Waals surface area (Å²) >= 11 is 6.85. The summed E-state index contributed by atoms with van der Waals surface area (Å²) in [6, 6.07) is 9.35. The molecule has 9 nitrogen and oxygen atoms in total. The lowest BCUT2D eigenvalue weighted by molar-refractivity contribution is 0.0122. The van der Waals surface area contributed by atoms with Gasteiger partial charge in [0, 0.05) is 35.5 Å². The van der Waals surface area contributed by atoms with Crippen LogP contribution in [0.25, 0.3) is 32.8 Å². The predicted octanol–water partition coefficient (Wildman–Crippen LogP) is 7.15.